The highest BCUT2D eigenvalue weighted by atomic mass is 16.3. The molecule has 1 aliphatic rings. The van der Waals surface area contributed by atoms with Crippen LogP contribution in [0.2, 0.25) is 0 Å². The standard InChI is InChI=1S/C20H27N3O2/c1-20(2,3)23-9-6-15(13-23)19(25)22-18(16-11-17(24)12-16)10-14-4-7-21-8-5-14/h4-9,13,16-18,24H,10-12H2,1-3H3,(H,22,25)/t16?,17?,18-/m1/s1. The zero-order valence-corrected chi connectivity index (χ0v) is 15.1. The summed E-state index contributed by atoms with van der Waals surface area (Å²) < 4.78 is 2.05. The molecule has 5 nitrogen and oxygen atoms in total. The molecular formula is C20H27N3O2. The number of aliphatic hydroxyl groups is 1. The van der Waals surface area contributed by atoms with E-state index in [-0.39, 0.29) is 23.6 Å². The third-order valence-electron chi connectivity index (χ3n) is 4.97. The van der Waals surface area contributed by atoms with E-state index in [0.29, 0.717) is 11.5 Å². The molecule has 0 unspecified atom stereocenters. The smallest absolute Gasteiger partial charge is 0.253 e. The van der Waals surface area contributed by atoms with Crippen LogP contribution in [0.4, 0.5) is 0 Å². The van der Waals surface area contributed by atoms with Crippen LogP contribution in [0.15, 0.2) is 43.0 Å². The Balaban J connectivity index is 1.71. The van der Waals surface area contributed by atoms with E-state index in [1.54, 1.807) is 12.4 Å². The van der Waals surface area contributed by atoms with Gasteiger partial charge < -0.3 is 15.0 Å². The fraction of sp³-hybridized carbons (Fsp3) is 0.500. The van der Waals surface area contributed by atoms with Crippen LogP contribution in [0.5, 0.6) is 0 Å². The lowest BCUT2D eigenvalue weighted by Crippen LogP contribution is -2.48. The molecule has 0 aliphatic heterocycles. The minimum absolute atomic E-state index is 0.0243. The molecule has 5 heteroatoms. The zero-order chi connectivity index (χ0) is 18.0. The van der Waals surface area contributed by atoms with Gasteiger partial charge in [0.05, 0.1) is 11.7 Å². The molecule has 1 saturated carbocycles. The molecule has 2 aromatic heterocycles. The Labute approximate surface area is 149 Å². The van der Waals surface area contributed by atoms with Gasteiger partial charge in [-0.1, -0.05) is 0 Å². The number of hydrogen-bond donors (Lipinski definition) is 2. The summed E-state index contributed by atoms with van der Waals surface area (Å²) >= 11 is 0. The molecule has 1 amide bonds. The van der Waals surface area contributed by atoms with Crippen molar-refractivity contribution in [3.8, 4) is 0 Å². The van der Waals surface area contributed by atoms with Gasteiger partial charge in [-0.25, -0.2) is 0 Å². The van der Waals surface area contributed by atoms with Crippen molar-refractivity contribution in [2.75, 3.05) is 0 Å². The van der Waals surface area contributed by atoms with Gasteiger partial charge in [-0.2, -0.15) is 0 Å². The van der Waals surface area contributed by atoms with Crippen molar-refractivity contribution in [2.24, 2.45) is 5.92 Å². The van der Waals surface area contributed by atoms with Gasteiger partial charge in [0, 0.05) is 36.4 Å². The van der Waals surface area contributed by atoms with Gasteiger partial charge in [-0.15, -0.1) is 0 Å². The molecule has 0 bridgehead atoms. The van der Waals surface area contributed by atoms with E-state index in [0.717, 1.165) is 24.8 Å². The summed E-state index contributed by atoms with van der Waals surface area (Å²) in [4.78, 5) is 16.8. The fourth-order valence-corrected chi connectivity index (χ4v) is 3.27. The third kappa shape index (κ3) is 4.28. The highest BCUT2D eigenvalue weighted by Gasteiger charge is 2.35. The Morgan fingerprint density at radius 3 is 2.56 bits per heavy atom. The third-order valence-corrected chi connectivity index (χ3v) is 4.97. The van der Waals surface area contributed by atoms with Gasteiger partial charge in [0.1, 0.15) is 0 Å². The molecule has 1 atom stereocenters. The number of pyridine rings is 1. The molecule has 0 saturated heterocycles. The van der Waals surface area contributed by atoms with Crippen molar-refractivity contribution < 1.29 is 9.90 Å². The molecule has 0 aromatic carbocycles. The molecule has 2 N–H and O–H groups in total. The molecule has 0 spiro atoms. The first kappa shape index (κ1) is 17.7. The second kappa shape index (κ2) is 7.00. The Bertz CT molecular complexity index is 712. The van der Waals surface area contributed by atoms with Crippen LogP contribution in [-0.4, -0.2) is 32.7 Å². The fourth-order valence-electron chi connectivity index (χ4n) is 3.27. The van der Waals surface area contributed by atoms with E-state index in [2.05, 4.69) is 31.1 Å². The molecule has 1 aliphatic carbocycles. The van der Waals surface area contributed by atoms with E-state index >= 15 is 0 Å². The van der Waals surface area contributed by atoms with Crippen molar-refractivity contribution in [3.05, 3.63) is 54.1 Å². The predicted octanol–water partition coefficient (Wildman–Crippen LogP) is 2.75. The predicted molar refractivity (Wildman–Crippen MR) is 97.4 cm³/mol. The quantitative estimate of drug-likeness (QED) is 0.879. The number of amides is 1. The number of aromatic nitrogens is 2. The molecule has 134 valence electrons. The minimum Gasteiger partial charge on any atom is -0.393 e. The van der Waals surface area contributed by atoms with Crippen molar-refractivity contribution in [3.63, 3.8) is 0 Å². The van der Waals surface area contributed by atoms with Crippen LogP contribution in [0.1, 0.15) is 49.5 Å². The summed E-state index contributed by atoms with van der Waals surface area (Å²) in [5.41, 5.74) is 1.77. The number of hydrogen-bond acceptors (Lipinski definition) is 3. The van der Waals surface area contributed by atoms with Gasteiger partial charge in [-0.3, -0.25) is 9.78 Å². The van der Waals surface area contributed by atoms with Crippen molar-refractivity contribution >= 4 is 5.91 Å². The largest absolute Gasteiger partial charge is 0.393 e. The molecule has 2 aromatic rings. The van der Waals surface area contributed by atoms with Gasteiger partial charge in [-0.05, 0) is 69.7 Å². The Kier molecular flexibility index (Phi) is 4.95. The topological polar surface area (TPSA) is 67.2 Å². The number of carbonyl (C=O) groups excluding carboxylic acids is 1. The second-order valence-corrected chi connectivity index (χ2v) is 8.00. The molecule has 0 radical (unpaired) electrons. The van der Waals surface area contributed by atoms with E-state index in [1.807, 2.05) is 35.2 Å². The lowest BCUT2D eigenvalue weighted by molar-refractivity contribution is 0.0239. The molecular weight excluding hydrogens is 314 g/mol. The van der Waals surface area contributed by atoms with Gasteiger partial charge >= 0.3 is 0 Å². The van der Waals surface area contributed by atoms with Crippen molar-refractivity contribution in [1.82, 2.24) is 14.9 Å². The summed E-state index contributed by atoms with van der Waals surface area (Å²) in [6.07, 6.45) is 9.40. The van der Waals surface area contributed by atoms with Crippen molar-refractivity contribution in [2.45, 2.75) is 57.7 Å². The molecule has 3 rings (SSSR count). The zero-order valence-electron chi connectivity index (χ0n) is 15.1. The number of carbonyl (C=O) groups is 1. The highest BCUT2D eigenvalue weighted by molar-refractivity contribution is 5.94. The van der Waals surface area contributed by atoms with Crippen LogP contribution in [0.25, 0.3) is 0 Å². The van der Waals surface area contributed by atoms with Crippen molar-refractivity contribution in [1.29, 1.82) is 0 Å². The van der Waals surface area contributed by atoms with Crippen LogP contribution in [-0.2, 0) is 12.0 Å². The van der Waals surface area contributed by atoms with Crippen LogP contribution in [0, 0.1) is 5.92 Å². The number of nitrogens with zero attached hydrogens (tertiary/aromatic N) is 2. The van der Waals surface area contributed by atoms with Gasteiger partial charge in [0.25, 0.3) is 5.91 Å². The van der Waals surface area contributed by atoms with E-state index < -0.39 is 0 Å². The SMILES string of the molecule is CC(C)(C)n1ccc(C(=O)N[C@H](Cc2ccncc2)C2CC(O)C2)c1. The summed E-state index contributed by atoms with van der Waals surface area (Å²) in [6.45, 7) is 6.32. The Morgan fingerprint density at radius 2 is 2.00 bits per heavy atom. The first-order valence-corrected chi connectivity index (χ1v) is 8.89. The maximum absolute atomic E-state index is 12.7. The maximum atomic E-state index is 12.7. The number of aliphatic hydroxyl groups excluding tert-OH is 1. The first-order chi connectivity index (χ1) is 11.8. The lowest BCUT2D eigenvalue weighted by atomic mass is 9.75. The average Bonchev–Trinajstić information content (AvgIpc) is 3.02. The summed E-state index contributed by atoms with van der Waals surface area (Å²) in [6, 6.07) is 5.84. The number of nitrogens with one attached hydrogen (secondary N) is 1. The summed E-state index contributed by atoms with van der Waals surface area (Å²) in [7, 11) is 0. The Hall–Kier alpha value is -2.14. The summed E-state index contributed by atoms with van der Waals surface area (Å²) in [5.74, 6) is 0.264. The minimum atomic E-state index is -0.233. The monoisotopic (exact) mass is 341 g/mol. The lowest BCUT2D eigenvalue weighted by Gasteiger charge is -2.38. The van der Waals surface area contributed by atoms with Crippen LogP contribution in [0.3, 0.4) is 0 Å². The van der Waals surface area contributed by atoms with Crippen LogP contribution >= 0.6 is 0 Å². The van der Waals surface area contributed by atoms with Crippen LogP contribution < -0.4 is 5.32 Å². The first-order valence-electron chi connectivity index (χ1n) is 8.89. The number of rotatable bonds is 5. The maximum Gasteiger partial charge on any atom is 0.253 e. The van der Waals surface area contributed by atoms with Gasteiger partial charge in [0.2, 0.25) is 0 Å². The molecule has 2 heterocycles. The van der Waals surface area contributed by atoms with E-state index in [1.165, 1.54) is 0 Å². The second-order valence-electron chi connectivity index (χ2n) is 8.00. The molecule has 25 heavy (non-hydrogen) atoms. The van der Waals surface area contributed by atoms with E-state index in [4.69, 9.17) is 0 Å². The highest BCUT2D eigenvalue weighted by Crippen LogP contribution is 2.32. The normalized spacial score (nSPS) is 21.4. The van der Waals surface area contributed by atoms with Gasteiger partial charge in [0.15, 0.2) is 0 Å². The molecule has 1 fully saturated rings. The Morgan fingerprint density at radius 1 is 1.32 bits per heavy atom. The summed E-state index contributed by atoms with van der Waals surface area (Å²) in [5, 5.41) is 12.8. The average molecular weight is 341 g/mol. The van der Waals surface area contributed by atoms with E-state index in [9.17, 15) is 9.90 Å².